The molecule has 0 spiro atoms. The molecule has 2 atom stereocenters. The number of hydrogen-bond acceptors (Lipinski definition) is 2. The summed E-state index contributed by atoms with van der Waals surface area (Å²) in [6.45, 7) is 7.30. The summed E-state index contributed by atoms with van der Waals surface area (Å²) in [7, 11) is 0. The quantitative estimate of drug-likeness (QED) is 0.744. The van der Waals surface area contributed by atoms with E-state index in [2.05, 4.69) is 6.58 Å². The number of hydrogen-bond donors (Lipinski definition) is 1. The fraction of sp³-hybridized carbons (Fsp3) is 0.333. The Bertz CT molecular complexity index is 321. The lowest BCUT2D eigenvalue weighted by atomic mass is 10.00. The Hall–Kier alpha value is -1.28. The van der Waals surface area contributed by atoms with Crippen LogP contribution in [-0.2, 0) is 0 Å². The van der Waals surface area contributed by atoms with Crippen molar-refractivity contribution < 1.29 is 9.52 Å². The largest absolute Gasteiger partial charge is 0.468 e. The molecule has 0 bridgehead atoms. The monoisotopic (exact) mass is 192 g/mol. The van der Waals surface area contributed by atoms with Crippen LogP contribution in [0.15, 0.2) is 35.5 Å². The van der Waals surface area contributed by atoms with Crippen LogP contribution in [0.3, 0.4) is 0 Å². The molecule has 0 aliphatic carbocycles. The van der Waals surface area contributed by atoms with Gasteiger partial charge in [0.2, 0.25) is 0 Å². The molecule has 0 aromatic carbocycles. The Morgan fingerprint density at radius 2 is 2.21 bits per heavy atom. The summed E-state index contributed by atoms with van der Waals surface area (Å²) in [5.41, 5.74) is 0.998. The molecule has 0 fully saturated rings. The van der Waals surface area contributed by atoms with Crippen molar-refractivity contribution in [3.8, 4) is 0 Å². The van der Waals surface area contributed by atoms with Gasteiger partial charge in [-0.25, -0.2) is 0 Å². The van der Waals surface area contributed by atoms with E-state index in [1.165, 1.54) is 0 Å². The summed E-state index contributed by atoms with van der Waals surface area (Å²) in [6.07, 6.45) is 6.71. The van der Waals surface area contributed by atoms with Crippen LogP contribution in [-0.4, -0.2) is 11.2 Å². The van der Waals surface area contributed by atoms with Gasteiger partial charge in [-0.15, -0.1) is 0 Å². The van der Waals surface area contributed by atoms with Crippen molar-refractivity contribution in [3.63, 3.8) is 0 Å². The number of allylic oxidation sites excluding steroid dienone is 2. The average Bonchev–Trinajstić information content (AvgIpc) is 2.61. The number of aliphatic hydroxyl groups is 1. The Balaban J connectivity index is 2.92. The third-order valence-electron chi connectivity index (χ3n) is 2.28. The summed E-state index contributed by atoms with van der Waals surface area (Å²) in [5.74, 6) is 0.826. The molecule has 0 saturated heterocycles. The van der Waals surface area contributed by atoms with Crippen LogP contribution < -0.4 is 0 Å². The zero-order chi connectivity index (χ0) is 10.6. The minimum absolute atomic E-state index is 0.00876. The molecule has 0 unspecified atom stereocenters. The lowest BCUT2D eigenvalue weighted by molar-refractivity contribution is 0.158. The van der Waals surface area contributed by atoms with Gasteiger partial charge in [0, 0.05) is 11.5 Å². The molecule has 1 aromatic rings. The van der Waals surface area contributed by atoms with E-state index in [0.717, 1.165) is 11.3 Å². The van der Waals surface area contributed by atoms with Gasteiger partial charge in [-0.2, -0.15) is 0 Å². The highest BCUT2D eigenvalue weighted by Gasteiger charge is 2.17. The van der Waals surface area contributed by atoms with Crippen molar-refractivity contribution in [2.75, 3.05) is 0 Å². The Labute approximate surface area is 84.6 Å². The van der Waals surface area contributed by atoms with E-state index in [1.807, 2.05) is 25.1 Å². The summed E-state index contributed by atoms with van der Waals surface area (Å²) >= 11 is 0. The maximum absolute atomic E-state index is 9.44. The third kappa shape index (κ3) is 2.36. The zero-order valence-corrected chi connectivity index (χ0v) is 8.60. The second kappa shape index (κ2) is 4.82. The topological polar surface area (TPSA) is 33.4 Å². The molecular formula is C12H16O2. The van der Waals surface area contributed by atoms with E-state index in [4.69, 9.17) is 4.42 Å². The lowest BCUT2D eigenvalue weighted by Crippen LogP contribution is -2.10. The van der Waals surface area contributed by atoms with Crippen LogP contribution in [0.4, 0.5) is 0 Å². The SMILES string of the molecule is C=C/C=C/c1ccoc1[C@@H](C)[C@@H](C)O. The molecule has 1 aromatic heterocycles. The molecule has 2 heteroatoms. The van der Waals surface area contributed by atoms with Crippen LogP contribution in [0.5, 0.6) is 0 Å². The molecule has 14 heavy (non-hydrogen) atoms. The molecule has 1 rings (SSSR count). The molecule has 1 N–H and O–H groups in total. The van der Waals surface area contributed by atoms with Gasteiger partial charge in [0.05, 0.1) is 12.4 Å². The highest BCUT2D eigenvalue weighted by atomic mass is 16.3. The van der Waals surface area contributed by atoms with Crippen molar-refractivity contribution in [2.45, 2.75) is 25.9 Å². The summed E-state index contributed by atoms with van der Waals surface area (Å²) in [5, 5.41) is 9.44. The lowest BCUT2D eigenvalue weighted by Gasteiger charge is -2.12. The van der Waals surface area contributed by atoms with Gasteiger partial charge in [0.15, 0.2) is 0 Å². The van der Waals surface area contributed by atoms with Crippen LogP contribution in [0.25, 0.3) is 6.08 Å². The molecular weight excluding hydrogens is 176 g/mol. The minimum Gasteiger partial charge on any atom is -0.468 e. The average molecular weight is 192 g/mol. The van der Waals surface area contributed by atoms with Gasteiger partial charge in [-0.05, 0) is 13.0 Å². The first kappa shape index (κ1) is 10.8. The van der Waals surface area contributed by atoms with E-state index in [9.17, 15) is 5.11 Å². The zero-order valence-electron chi connectivity index (χ0n) is 8.60. The van der Waals surface area contributed by atoms with Gasteiger partial charge in [-0.3, -0.25) is 0 Å². The normalized spacial score (nSPS) is 15.6. The van der Waals surface area contributed by atoms with Crippen LogP contribution in [0, 0.1) is 0 Å². The van der Waals surface area contributed by atoms with E-state index in [-0.39, 0.29) is 5.92 Å². The first-order valence-corrected chi connectivity index (χ1v) is 4.71. The summed E-state index contributed by atoms with van der Waals surface area (Å²) < 4.78 is 5.34. The highest BCUT2D eigenvalue weighted by Crippen LogP contribution is 2.24. The van der Waals surface area contributed by atoms with Crippen LogP contribution in [0.1, 0.15) is 31.1 Å². The molecule has 0 aliphatic rings. The maximum atomic E-state index is 9.44. The molecule has 0 amide bonds. The van der Waals surface area contributed by atoms with E-state index >= 15 is 0 Å². The number of aliphatic hydroxyl groups excluding tert-OH is 1. The molecule has 1 heterocycles. The first-order chi connectivity index (χ1) is 6.66. The number of rotatable bonds is 4. The summed E-state index contributed by atoms with van der Waals surface area (Å²) in [4.78, 5) is 0. The van der Waals surface area contributed by atoms with Crippen LogP contribution in [0.2, 0.25) is 0 Å². The molecule has 0 aliphatic heterocycles. The summed E-state index contributed by atoms with van der Waals surface area (Å²) in [6, 6.07) is 1.88. The van der Waals surface area contributed by atoms with Crippen molar-refractivity contribution >= 4 is 6.08 Å². The first-order valence-electron chi connectivity index (χ1n) is 4.71. The van der Waals surface area contributed by atoms with Gasteiger partial charge in [0.1, 0.15) is 5.76 Å². The van der Waals surface area contributed by atoms with Crippen LogP contribution >= 0.6 is 0 Å². The van der Waals surface area contributed by atoms with Gasteiger partial charge >= 0.3 is 0 Å². The highest BCUT2D eigenvalue weighted by molar-refractivity contribution is 5.53. The van der Waals surface area contributed by atoms with E-state index < -0.39 is 6.10 Å². The van der Waals surface area contributed by atoms with Crippen molar-refractivity contribution in [2.24, 2.45) is 0 Å². The standard InChI is InChI=1S/C12H16O2/c1-4-5-6-11-7-8-14-12(11)9(2)10(3)13/h4-10,13H,1H2,2-3H3/b6-5+/t9-,10+/m0/s1. The fourth-order valence-corrected chi connectivity index (χ4v) is 1.23. The Morgan fingerprint density at radius 1 is 1.50 bits per heavy atom. The van der Waals surface area contributed by atoms with E-state index in [0.29, 0.717) is 0 Å². The second-order valence-electron chi connectivity index (χ2n) is 3.36. The van der Waals surface area contributed by atoms with Gasteiger partial charge in [0.25, 0.3) is 0 Å². The molecule has 76 valence electrons. The molecule has 0 radical (unpaired) electrons. The van der Waals surface area contributed by atoms with Gasteiger partial charge in [-0.1, -0.05) is 31.7 Å². The third-order valence-corrected chi connectivity index (χ3v) is 2.28. The maximum Gasteiger partial charge on any atom is 0.116 e. The predicted molar refractivity (Wildman–Crippen MR) is 58.0 cm³/mol. The fourth-order valence-electron chi connectivity index (χ4n) is 1.23. The molecule has 0 saturated carbocycles. The number of furan rings is 1. The van der Waals surface area contributed by atoms with E-state index in [1.54, 1.807) is 19.3 Å². The van der Waals surface area contributed by atoms with Gasteiger partial charge < -0.3 is 9.52 Å². The van der Waals surface area contributed by atoms with Crippen molar-refractivity contribution in [1.29, 1.82) is 0 Å². The minimum atomic E-state index is -0.406. The Kier molecular flexibility index (Phi) is 3.72. The second-order valence-corrected chi connectivity index (χ2v) is 3.36. The molecule has 2 nitrogen and oxygen atoms in total. The Morgan fingerprint density at radius 3 is 2.79 bits per heavy atom. The van der Waals surface area contributed by atoms with Crippen molar-refractivity contribution in [3.05, 3.63) is 42.4 Å². The predicted octanol–water partition coefficient (Wildman–Crippen LogP) is 2.96. The smallest absolute Gasteiger partial charge is 0.116 e. The van der Waals surface area contributed by atoms with Crippen molar-refractivity contribution in [1.82, 2.24) is 0 Å².